The zero-order valence-corrected chi connectivity index (χ0v) is 8.22. The van der Waals surface area contributed by atoms with E-state index in [1.54, 1.807) is 12.1 Å². The Morgan fingerprint density at radius 1 is 1.43 bits per heavy atom. The summed E-state index contributed by atoms with van der Waals surface area (Å²) in [6.07, 6.45) is 3.59. The van der Waals surface area contributed by atoms with Crippen LogP contribution in [0.2, 0.25) is 0 Å². The van der Waals surface area contributed by atoms with Crippen LogP contribution >= 0.6 is 0 Å². The minimum Gasteiger partial charge on any atom is -0.294 e. The van der Waals surface area contributed by atoms with E-state index in [1.165, 1.54) is 32.3 Å². The van der Waals surface area contributed by atoms with Crippen molar-refractivity contribution in [1.82, 2.24) is 0 Å². The Hall–Kier alpha value is -1.18. The summed E-state index contributed by atoms with van der Waals surface area (Å²) in [5, 5.41) is 0. The van der Waals surface area contributed by atoms with Crippen LogP contribution in [0.5, 0.6) is 0 Å². The second kappa shape index (κ2) is 3.52. The lowest BCUT2D eigenvalue weighted by molar-refractivity contribution is 0.101. The molecule has 0 saturated heterocycles. The molecule has 1 aliphatic carbocycles. The van der Waals surface area contributed by atoms with Crippen molar-refractivity contribution in [2.45, 2.75) is 32.1 Å². The van der Waals surface area contributed by atoms with E-state index in [-0.39, 0.29) is 11.3 Å². The third-order valence-corrected chi connectivity index (χ3v) is 2.95. The summed E-state index contributed by atoms with van der Waals surface area (Å²) >= 11 is 0. The number of ketones is 1. The number of rotatable bonds is 2. The lowest BCUT2D eigenvalue weighted by Crippen LogP contribution is -2.10. The molecule has 0 bridgehead atoms. The molecule has 0 atom stereocenters. The Balaban J connectivity index is 2.34. The third kappa shape index (κ3) is 1.57. The van der Waals surface area contributed by atoms with Crippen LogP contribution in [0.15, 0.2) is 18.2 Å². The van der Waals surface area contributed by atoms with E-state index in [0.29, 0.717) is 5.92 Å². The second-order valence-electron chi connectivity index (χ2n) is 3.92. The van der Waals surface area contributed by atoms with Gasteiger partial charge in [0.25, 0.3) is 0 Å². The number of carbonyl (C=O) groups excluding carboxylic acids is 1. The Kier molecular flexibility index (Phi) is 2.36. The number of hydrogen-bond acceptors (Lipinski definition) is 1. The molecule has 0 radical (unpaired) electrons. The summed E-state index contributed by atoms with van der Waals surface area (Å²) in [6, 6.07) is 4.91. The maximum Gasteiger partial charge on any atom is 0.162 e. The highest BCUT2D eigenvalue weighted by Gasteiger charge is 2.20. The van der Waals surface area contributed by atoms with E-state index in [2.05, 4.69) is 0 Å². The standard InChI is InChI=1S/C12H13FO/c1-8(14)11-7-10(5-6-12(11)13)9-3-2-4-9/h5-7,9H,2-4H2,1H3. The summed E-state index contributed by atoms with van der Waals surface area (Å²) in [5.74, 6) is -0.0436. The molecule has 1 aliphatic rings. The lowest BCUT2D eigenvalue weighted by atomic mass is 9.79. The van der Waals surface area contributed by atoms with Gasteiger partial charge in [-0.15, -0.1) is 0 Å². The SMILES string of the molecule is CC(=O)c1cc(C2CCC2)ccc1F. The van der Waals surface area contributed by atoms with E-state index in [9.17, 15) is 9.18 Å². The molecule has 14 heavy (non-hydrogen) atoms. The van der Waals surface area contributed by atoms with E-state index < -0.39 is 5.82 Å². The summed E-state index contributed by atoms with van der Waals surface area (Å²) < 4.78 is 13.2. The molecule has 1 saturated carbocycles. The van der Waals surface area contributed by atoms with Gasteiger partial charge in [-0.25, -0.2) is 4.39 Å². The molecule has 1 aromatic rings. The Bertz CT molecular complexity index is 367. The first-order chi connectivity index (χ1) is 6.68. The fourth-order valence-corrected chi connectivity index (χ4v) is 1.81. The highest BCUT2D eigenvalue weighted by molar-refractivity contribution is 5.94. The van der Waals surface area contributed by atoms with E-state index in [4.69, 9.17) is 0 Å². The van der Waals surface area contributed by atoms with Crippen LogP contribution in [0, 0.1) is 5.82 Å². The number of benzene rings is 1. The maximum atomic E-state index is 13.2. The zero-order valence-electron chi connectivity index (χ0n) is 8.22. The number of Topliss-reactive ketones (excluding diaryl/α,β-unsaturated/α-hetero) is 1. The first-order valence-electron chi connectivity index (χ1n) is 4.99. The first kappa shape index (κ1) is 9.38. The van der Waals surface area contributed by atoms with E-state index in [0.717, 1.165) is 5.56 Å². The van der Waals surface area contributed by atoms with Gasteiger partial charge >= 0.3 is 0 Å². The van der Waals surface area contributed by atoms with Crippen molar-refractivity contribution in [2.24, 2.45) is 0 Å². The van der Waals surface area contributed by atoms with Gasteiger partial charge < -0.3 is 0 Å². The monoisotopic (exact) mass is 192 g/mol. The average Bonchev–Trinajstić information content (AvgIpc) is 2.04. The van der Waals surface area contributed by atoms with Crippen molar-refractivity contribution in [3.05, 3.63) is 35.1 Å². The molecule has 0 unspecified atom stereocenters. The van der Waals surface area contributed by atoms with Crippen LogP contribution in [-0.2, 0) is 0 Å². The minimum atomic E-state index is -0.402. The molecule has 1 aromatic carbocycles. The average molecular weight is 192 g/mol. The number of hydrogen-bond donors (Lipinski definition) is 0. The molecule has 0 aromatic heterocycles. The topological polar surface area (TPSA) is 17.1 Å². The van der Waals surface area contributed by atoms with Gasteiger partial charge in [-0.05, 0) is 43.4 Å². The summed E-state index contributed by atoms with van der Waals surface area (Å²) in [5.41, 5.74) is 1.34. The van der Waals surface area contributed by atoms with Gasteiger partial charge in [0.05, 0.1) is 5.56 Å². The summed E-state index contributed by atoms with van der Waals surface area (Å²) in [6.45, 7) is 1.41. The Morgan fingerprint density at radius 3 is 2.64 bits per heavy atom. The fourth-order valence-electron chi connectivity index (χ4n) is 1.81. The van der Waals surface area contributed by atoms with Gasteiger partial charge in [-0.2, -0.15) is 0 Å². The third-order valence-electron chi connectivity index (χ3n) is 2.95. The van der Waals surface area contributed by atoms with Crippen LogP contribution in [0.3, 0.4) is 0 Å². The molecule has 2 rings (SSSR count). The van der Waals surface area contributed by atoms with Crippen molar-refractivity contribution >= 4 is 5.78 Å². The predicted octanol–water partition coefficient (Wildman–Crippen LogP) is 3.30. The Morgan fingerprint density at radius 2 is 2.14 bits per heavy atom. The highest BCUT2D eigenvalue weighted by atomic mass is 19.1. The minimum absolute atomic E-state index is 0.191. The van der Waals surface area contributed by atoms with Crippen molar-refractivity contribution in [3.8, 4) is 0 Å². The maximum absolute atomic E-state index is 13.2. The normalized spacial score (nSPS) is 16.4. The van der Waals surface area contributed by atoms with Crippen LogP contribution in [-0.4, -0.2) is 5.78 Å². The molecular formula is C12H13FO. The molecular weight excluding hydrogens is 179 g/mol. The van der Waals surface area contributed by atoms with Crippen LogP contribution in [0.4, 0.5) is 4.39 Å². The summed E-state index contributed by atoms with van der Waals surface area (Å²) in [4.78, 5) is 11.1. The van der Waals surface area contributed by atoms with Gasteiger partial charge in [-0.3, -0.25) is 4.79 Å². The number of carbonyl (C=O) groups is 1. The summed E-state index contributed by atoms with van der Waals surface area (Å²) in [7, 11) is 0. The molecule has 1 fully saturated rings. The first-order valence-corrected chi connectivity index (χ1v) is 4.99. The molecule has 1 nitrogen and oxygen atoms in total. The predicted molar refractivity (Wildman–Crippen MR) is 53.0 cm³/mol. The smallest absolute Gasteiger partial charge is 0.162 e. The molecule has 0 heterocycles. The van der Waals surface area contributed by atoms with Crippen molar-refractivity contribution in [1.29, 1.82) is 0 Å². The van der Waals surface area contributed by atoms with Crippen LogP contribution in [0.1, 0.15) is 48.0 Å². The Labute approximate surface area is 82.9 Å². The van der Waals surface area contributed by atoms with Gasteiger partial charge in [0.2, 0.25) is 0 Å². The fraction of sp³-hybridized carbons (Fsp3) is 0.417. The molecule has 2 heteroatoms. The molecule has 0 amide bonds. The van der Waals surface area contributed by atoms with Gasteiger partial charge in [-0.1, -0.05) is 12.5 Å². The molecule has 74 valence electrons. The highest BCUT2D eigenvalue weighted by Crippen LogP contribution is 2.36. The van der Waals surface area contributed by atoms with Crippen LogP contribution in [0.25, 0.3) is 0 Å². The van der Waals surface area contributed by atoms with E-state index >= 15 is 0 Å². The van der Waals surface area contributed by atoms with Gasteiger partial charge in [0.15, 0.2) is 5.78 Å². The quantitative estimate of drug-likeness (QED) is 0.657. The number of halogens is 1. The van der Waals surface area contributed by atoms with Crippen molar-refractivity contribution in [2.75, 3.05) is 0 Å². The van der Waals surface area contributed by atoms with Crippen molar-refractivity contribution < 1.29 is 9.18 Å². The largest absolute Gasteiger partial charge is 0.294 e. The van der Waals surface area contributed by atoms with E-state index in [1.807, 2.05) is 0 Å². The molecule has 0 spiro atoms. The lowest BCUT2D eigenvalue weighted by Gasteiger charge is -2.26. The van der Waals surface area contributed by atoms with Gasteiger partial charge in [0.1, 0.15) is 5.82 Å². The van der Waals surface area contributed by atoms with Gasteiger partial charge in [0, 0.05) is 0 Å². The van der Waals surface area contributed by atoms with Crippen molar-refractivity contribution in [3.63, 3.8) is 0 Å². The van der Waals surface area contributed by atoms with Crippen LogP contribution < -0.4 is 0 Å². The zero-order chi connectivity index (χ0) is 10.1. The molecule has 0 N–H and O–H groups in total. The second-order valence-corrected chi connectivity index (χ2v) is 3.92. The molecule has 0 aliphatic heterocycles.